The molecule has 198 valence electrons. The van der Waals surface area contributed by atoms with Gasteiger partial charge in [0.1, 0.15) is 6.54 Å². The lowest BCUT2D eigenvalue weighted by Gasteiger charge is -2.36. The molecule has 0 unspecified atom stereocenters. The summed E-state index contributed by atoms with van der Waals surface area (Å²) in [5, 5.41) is 5.67. The molecular weight excluding hydrogens is 478 g/mol. The highest BCUT2D eigenvalue weighted by molar-refractivity contribution is 5.95. The molecule has 0 aromatic heterocycles. The quantitative estimate of drug-likeness (QED) is 0.475. The van der Waals surface area contributed by atoms with E-state index < -0.39 is 0 Å². The largest absolute Gasteiger partial charge is 0.368 e. The Morgan fingerprint density at radius 3 is 2.13 bits per heavy atom. The van der Waals surface area contributed by atoms with E-state index in [4.69, 9.17) is 0 Å². The van der Waals surface area contributed by atoms with Crippen LogP contribution in [0.5, 0.6) is 0 Å². The number of nitrogens with one attached hydrogen (secondary N) is 2. The second-order valence-corrected chi connectivity index (χ2v) is 9.42. The Bertz CT molecular complexity index is 1220. The molecule has 1 aliphatic heterocycles. The molecule has 0 aliphatic carbocycles. The number of benzene rings is 3. The van der Waals surface area contributed by atoms with Crippen LogP contribution in [0.3, 0.4) is 0 Å². The summed E-state index contributed by atoms with van der Waals surface area (Å²) in [4.78, 5) is 43.7. The molecule has 1 heterocycles. The summed E-state index contributed by atoms with van der Waals surface area (Å²) >= 11 is 0. The minimum absolute atomic E-state index is 0.0561. The lowest BCUT2D eigenvalue weighted by molar-refractivity contribution is -0.116. The van der Waals surface area contributed by atoms with Gasteiger partial charge >= 0.3 is 6.03 Å². The number of amides is 4. The van der Waals surface area contributed by atoms with Crippen molar-refractivity contribution in [3.63, 3.8) is 0 Å². The Balaban J connectivity index is 1.30. The maximum Gasteiger partial charge on any atom is 0.318 e. The highest BCUT2D eigenvalue weighted by atomic mass is 16.2. The number of anilines is 2. The van der Waals surface area contributed by atoms with Gasteiger partial charge in [0, 0.05) is 56.2 Å². The van der Waals surface area contributed by atoms with Crippen molar-refractivity contribution in [3.05, 3.63) is 95.6 Å². The summed E-state index contributed by atoms with van der Waals surface area (Å²) in [6.45, 7) is 7.43. The van der Waals surface area contributed by atoms with Crippen LogP contribution in [0, 0.1) is 6.92 Å². The third kappa shape index (κ3) is 7.12. The number of hydrogen-bond acceptors (Lipinski definition) is 4. The van der Waals surface area contributed by atoms with Gasteiger partial charge in [0.05, 0.1) is 0 Å². The standard InChI is InChI=1S/C30H35N5O3/c1-3-31-30(38)35(21-24-7-5-4-6-8-24)22-28(36)32-26-13-15-27(16-14-26)33-17-19-34(20-18-33)29(37)25-11-9-23(2)10-12-25/h4-16H,3,17-22H2,1-2H3,(H,31,38)(H,32,36). The van der Waals surface area contributed by atoms with Gasteiger partial charge in [-0.15, -0.1) is 0 Å². The van der Waals surface area contributed by atoms with Crippen LogP contribution in [-0.2, 0) is 11.3 Å². The van der Waals surface area contributed by atoms with Crippen LogP contribution >= 0.6 is 0 Å². The summed E-state index contributed by atoms with van der Waals surface area (Å²) in [6.07, 6.45) is 0. The maximum atomic E-state index is 12.8. The zero-order valence-electron chi connectivity index (χ0n) is 22.0. The number of urea groups is 1. The molecule has 1 fully saturated rings. The lowest BCUT2D eigenvalue weighted by atomic mass is 10.1. The Morgan fingerprint density at radius 1 is 0.842 bits per heavy atom. The number of hydrogen-bond donors (Lipinski definition) is 2. The molecule has 3 aromatic carbocycles. The van der Waals surface area contributed by atoms with Crippen LogP contribution in [0.4, 0.5) is 16.2 Å². The molecule has 8 nitrogen and oxygen atoms in total. The van der Waals surface area contributed by atoms with Crippen LogP contribution in [-0.4, -0.2) is 66.9 Å². The topological polar surface area (TPSA) is 85.0 Å². The fraction of sp³-hybridized carbons (Fsp3) is 0.300. The maximum absolute atomic E-state index is 12.8. The molecule has 0 saturated carbocycles. The van der Waals surface area contributed by atoms with Gasteiger partial charge in [-0.2, -0.15) is 0 Å². The molecule has 3 aromatic rings. The molecular formula is C30H35N5O3. The third-order valence-corrected chi connectivity index (χ3v) is 6.55. The zero-order chi connectivity index (χ0) is 26.9. The van der Waals surface area contributed by atoms with E-state index in [1.165, 1.54) is 4.90 Å². The van der Waals surface area contributed by atoms with Crippen LogP contribution in [0.1, 0.15) is 28.4 Å². The second-order valence-electron chi connectivity index (χ2n) is 9.42. The van der Waals surface area contributed by atoms with Gasteiger partial charge in [-0.1, -0.05) is 48.0 Å². The molecule has 0 radical (unpaired) electrons. The van der Waals surface area contributed by atoms with Gasteiger partial charge in [-0.05, 0) is 55.8 Å². The average molecular weight is 514 g/mol. The summed E-state index contributed by atoms with van der Waals surface area (Å²) < 4.78 is 0. The van der Waals surface area contributed by atoms with E-state index in [9.17, 15) is 14.4 Å². The normalized spacial score (nSPS) is 13.1. The number of carbonyl (C=O) groups excluding carboxylic acids is 3. The van der Waals surface area contributed by atoms with E-state index in [-0.39, 0.29) is 24.4 Å². The fourth-order valence-electron chi connectivity index (χ4n) is 4.44. The van der Waals surface area contributed by atoms with Crippen molar-refractivity contribution < 1.29 is 14.4 Å². The minimum atomic E-state index is -0.276. The molecule has 2 N–H and O–H groups in total. The van der Waals surface area contributed by atoms with Crippen LogP contribution in [0.15, 0.2) is 78.9 Å². The predicted molar refractivity (Wildman–Crippen MR) is 150 cm³/mol. The van der Waals surface area contributed by atoms with Crippen LogP contribution < -0.4 is 15.5 Å². The summed E-state index contributed by atoms with van der Waals surface area (Å²) in [5.41, 5.74) is 4.52. The Morgan fingerprint density at radius 2 is 1.50 bits per heavy atom. The molecule has 8 heteroatoms. The number of piperazine rings is 1. The van der Waals surface area contributed by atoms with Crippen molar-refractivity contribution in [3.8, 4) is 0 Å². The van der Waals surface area contributed by atoms with Crippen molar-refractivity contribution in [2.24, 2.45) is 0 Å². The first kappa shape index (κ1) is 26.7. The van der Waals surface area contributed by atoms with E-state index in [2.05, 4.69) is 15.5 Å². The van der Waals surface area contributed by atoms with Gasteiger partial charge in [0.2, 0.25) is 5.91 Å². The molecule has 0 atom stereocenters. The molecule has 1 saturated heterocycles. The SMILES string of the molecule is CCNC(=O)N(CC(=O)Nc1ccc(N2CCN(C(=O)c3ccc(C)cc3)CC2)cc1)Cc1ccccc1. The van der Waals surface area contributed by atoms with E-state index in [1.807, 2.05) is 97.6 Å². The number of aryl methyl sites for hydroxylation is 1. The van der Waals surface area contributed by atoms with E-state index in [0.717, 1.165) is 35.5 Å². The second kappa shape index (κ2) is 12.8. The van der Waals surface area contributed by atoms with Crippen molar-refractivity contribution >= 4 is 29.2 Å². The summed E-state index contributed by atoms with van der Waals surface area (Å²) in [6, 6.07) is 24.7. The molecule has 0 spiro atoms. The Kier molecular flexibility index (Phi) is 8.98. The molecule has 0 bridgehead atoms. The van der Waals surface area contributed by atoms with E-state index >= 15 is 0 Å². The first-order valence-electron chi connectivity index (χ1n) is 13.0. The van der Waals surface area contributed by atoms with Gasteiger partial charge in [0.15, 0.2) is 0 Å². The highest BCUT2D eigenvalue weighted by Crippen LogP contribution is 2.20. The number of nitrogens with zero attached hydrogens (tertiary/aromatic N) is 3. The first-order chi connectivity index (χ1) is 18.4. The van der Waals surface area contributed by atoms with Crippen molar-refractivity contribution in [1.82, 2.24) is 15.1 Å². The monoisotopic (exact) mass is 513 g/mol. The van der Waals surface area contributed by atoms with Crippen LogP contribution in [0.2, 0.25) is 0 Å². The van der Waals surface area contributed by atoms with E-state index in [0.29, 0.717) is 31.9 Å². The Hall–Kier alpha value is -4.33. The molecule has 38 heavy (non-hydrogen) atoms. The van der Waals surface area contributed by atoms with Gasteiger partial charge in [0.25, 0.3) is 5.91 Å². The highest BCUT2D eigenvalue weighted by Gasteiger charge is 2.22. The smallest absolute Gasteiger partial charge is 0.318 e. The Labute approximate surface area is 224 Å². The minimum Gasteiger partial charge on any atom is -0.368 e. The third-order valence-electron chi connectivity index (χ3n) is 6.55. The number of carbonyl (C=O) groups is 3. The average Bonchev–Trinajstić information content (AvgIpc) is 2.94. The van der Waals surface area contributed by atoms with Gasteiger partial charge < -0.3 is 25.3 Å². The first-order valence-corrected chi connectivity index (χ1v) is 13.0. The fourth-order valence-corrected chi connectivity index (χ4v) is 4.44. The number of rotatable bonds is 8. The van der Waals surface area contributed by atoms with Crippen molar-refractivity contribution in [2.45, 2.75) is 20.4 Å². The molecule has 4 amide bonds. The zero-order valence-corrected chi connectivity index (χ0v) is 22.0. The van der Waals surface area contributed by atoms with Gasteiger partial charge in [-0.25, -0.2) is 4.79 Å². The van der Waals surface area contributed by atoms with E-state index in [1.54, 1.807) is 0 Å². The lowest BCUT2D eigenvalue weighted by Crippen LogP contribution is -2.48. The summed E-state index contributed by atoms with van der Waals surface area (Å²) in [7, 11) is 0. The molecule has 4 rings (SSSR count). The van der Waals surface area contributed by atoms with Crippen molar-refractivity contribution in [2.75, 3.05) is 49.5 Å². The van der Waals surface area contributed by atoms with Crippen LogP contribution in [0.25, 0.3) is 0 Å². The predicted octanol–water partition coefficient (Wildman–Crippen LogP) is 4.13. The van der Waals surface area contributed by atoms with Gasteiger partial charge in [-0.3, -0.25) is 9.59 Å². The summed E-state index contributed by atoms with van der Waals surface area (Å²) in [5.74, 6) is -0.195. The molecule has 1 aliphatic rings. The van der Waals surface area contributed by atoms with Crippen molar-refractivity contribution in [1.29, 1.82) is 0 Å².